The van der Waals surface area contributed by atoms with Crippen LogP contribution in [0.4, 0.5) is 0 Å². The molecule has 1 aliphatic rings. The van der Waals surface area contributed by atoms with Gasteiger partial charge < -0.3 is 14.6 Å². The van der Waals surface area contributed by atoms with Crippen molar-refractivity contribution in [1.82, 2.24) is 20.3 Å². The number of carboxylic acid groups (broad SMARTS) is 1. The van der Waals surface area contributed by atoms with Crippen molar-refractivity contribution in [3.8, 4) is 0 Å². The highest BCUT2D eigenvalue weighted by Gasteiger charge is 2.53. The van der Waals surface area contributed by atoms with E-state index >= 15 is 0 Å². The molecule has 2 amide bonds. The van der Waals surface area contributed by atoms with E-state index in [1.54, 1.807) is 6.92 Å². The zero-order valence-corrected chi connectivity index (χ0v) is 14.7. The number of aromatic nitrogens is 2. The fraction of sp³-hybridized carbons (Fsp3) is 0.429. The van der Waals surface area contributed by atoms with E-state index in [1.807, 2.05) is 0 Å². The Morgan fingerprint density at radius 1 is 1.50 bits per heavy atom. The summed E-state index contributed by atoms with van der Waals surface area (Å²) < 4.78 is 19.6. The van der Waals surface area contributed by atoms with Crippen LogP contribution in [0.3, 0.4) is 0 Å². The number of rotatable bonds is 7. The summed E-state index contributed by atoms with van der Waals surface area (Å²) >= 11 is -2.70. The van der Waals surface area contributed by atoms with Crippen LogP contribution in [0.15, 0.2) is 23.8 Å². The molecule has 4 atom stereocenters. The van der Waals surface area contributed by atoms with Gasteiger partial charge in [-0.1, -0.05) is 0 Å². The van der Waals surface area contributed by atoms with Crippen LogP contribution in [0.25, 0.3) is 0 Å². The van der Waals surface area contributed by atoms with Gasteiger partial charge >= 0.3 is 5.97 Å². The van der Waals surface area contributed by atoms with Crippen LogP contribution < -0.4 is 5.43 Å². The molecule has 1 fully saturated rings. The smallest absolute Gasteiger partial charge is 0.328 e. The van der Waals surface area contributed by atoms with Crippen molar-refractivity contribution in [2.24, 2.45) is 5.10 Å². The molecule has 11 nitrogen and oxygen atoms in total. The number of hydrogen-bond donors (Lipinski definition) is 3. The predicted octanol–water partition coefficient (Wildman–Crippen LogP) is -0.753. The number of amides is 2. The zero-order chi connectivity index (χ0) is 19.5. The summed E-state index contributed by atoms with van der Waals surface area (Å²) in [4.78, 5) is 43.7. The Balaban J connectivity index is 2.24. The van der Waals surface area contributed by atoms with E-state index in [9.17, 15) is 28.3 Å². The lowest BCUT2D eigenvalue weighted by molar-refractivity contribution is -0.161. The Morgan fingerprint density at radius 2 is 2.12 bits per heavy atom. The second-order valence-electron chi connectivity index (χ2n) is 5.85. The monoisotopic (exact) mass is 383 g/mol. The average molecular weight is 383 g/mol. The van der Waals surface area contributed by atoms with Gasteiger partial charge in [-0.2, -0.15) is 5.10 Å². The van der Waals surface area contributed by atoms with E-state index in [2.05, 4.69) is 20.5 Å². The SMILES string of the molecule is C[C@@H]1CC(=O)N1[C@@H](C(=O)O)[C@](C)(/C=N/NC(=O)c1cncnc1)S(=O)O. The third-order valence-electron chi connectivity index (χ3n) is 3.97. The predicted molar refractivity (Wildman–Crippen MR) is 89.5 cm³/mol. The average Bonchev–Trinajstić information content (AvgIpc) is 2.59. The lowest BCUT2D eigenvalue weighted by atomic mass is 9.92. The maximum absolute atomic E-state index is 11.9. The lowest BCUT2D eigenvalue weighted by Gasteiger charge is -2.46. The van der Waals surface area contributed by atoms with Gasteiger partial charge in [-0.15, -0.1) is 0 Å². The number of carbonyl (C=O) groups is 3. The van der Waals surface area contributed by atoms with Crippen LogP contribution in [-0.4, -0.2) is 69.6 Å². The number of likely N-dealkylation sites (tertiary alicyclic amines) is 1. The molecule has 140 valence electrons. The number of nitrogens with zero attached hydrogens (tertiary/aromatic N) is 4. The molecule has 0 radical (unpaired) electrons. The Bertz CT molecular complexity index is 772. The first-order valence-electron chi connectivity index (χ1n) is 7.43. The Hall–Kier alpha value is -2.73. The molecule has 2 heterocycles. The number of hydrazone groups is 1. The summed E-state index contributed by atoms with van der Waals surface area (Å²) in [5.74, 6) is -2.59. The van der Waals surface area contributed by atoms with Gasteiger partial charge in [0.1, 0.15) is 11.1 Å². The zero-order valence-electron chi connectivity index (χ0n) is 13.9. The molecular formula is C14H17N5O6S. The fourth-order valence-corrected chi connectivity index (χ4v) is 3.09. The van der Waals surface area contributed by atoms with Gasteiger partial charge in [-0.05, 0) is 13.8 Å². The van der Waals surface area contributed by atoms with E-state index in [0.717, 1.165) is 11.1 Å². The Labute approximate surface area is 150 Å². The molecule has 0 aliphatic carbocycles. The molecule has 0 bridgehead atoms. The molecule has 1 saturated heterocycles. The normalized spacial score (nSPS) is 21.6. The maximum Gasteiger partial charge on any atom is 0.328 e. The van der Waals surface area contributed by atoms with Crippen LogP contribution in [-0.2, 0) is 20.7 Å². The highest BCUT2D eigenvalue weighted by atomic mass is 32.2. The first-order valence-corrected chi connectivity index (χ1v) is 8.53. The van der Waals surface area contributed by atoms with Crippen molar-refractivity contribution in [2.75, 3.05) is 0 Å². The summed E-state index contributed by atoms with van der Waals surface area (Å²) in [7, 11) is 0. The van der Waals surface area contributed by atoms with Crippen molar-refractivity contribution in [3.05, 3.63) is 24.3 Å². The van der Waals surface area contributed by atoms with Gasteiger partial charge in [-0.3, -0.25) is 9.59 Å². The van der Waals surface area contributed by atoms with Crippen molar-refractivity contribution < 1.29 is 28.3 Å². The van der Waals surface area contributed by atoms with Crippen LogP contribution in [0.5, 0.6) is 0 Å². The molecule has 0 aromatic carbocycles. The minimum Gasteiger partial charge on any atom is -0.480 e. The molecule has 1 aromatic heterocycles. The molecule has 12 heteroatoms. The number of aliphatic carboxylic acids is 1. The van der Waals surface area contributed by atoms with Crippen LogP contribution in [0.1, 0.15) is 30.6 Å². The molecule has 0 saturated carbocycles. The topological polar surface area (TPSA) is 162 Å². The van der Waals surface area contributed by atoms with Crippen molar-refractivity contribution in [2.45, 2.75) is 37.1 Å². The number of β-lactam (4-membered cyclic amide) rings is 1. The van der Waals surface area contributed by atoms with E-state index < -0.39 is 45.7 Å². The van der Waals surface area contributed by atoms with E-state index in [0.29, 0.717) is 0 Å². The van der Waals surface area contributed by atoms with Gasteiger partial charge in [0.05, 0.1) is 5.56 Å². The van der Waals surface area contributed by atoms with Gasteiger partial charge in [0.2, 0.25) is 5.91 Å². The number of hydrogen-bond acceptors (Lipinski definition) is 7. The molecule has 1 aromatic rings. The fourth-order valence-electron chi connectivity index (χ4n) is 2.54. The van der Waals surface area contributed by atoms with Gasteiger partial charge in [0, 0.05) is 31.1 Å². The summed E-state index contributed by atoms with van der Waals surface area (Å²) in [5, 5.41) is 13.1. The summed E-state index contributed by atoms with van der Waals surface area (Å²) in [6, 6.07) is -2.01. The van der Waals surface area contributed by atoms with Crippen molar-refractivity contribution in [1.29, 1.82) is 0 Å². The molecule has 2 rings (SSSR count). The van der Waals surface area contributed by atoms with Crippen LogP contribution >= 0.6 is 0 Å². The van der Waals surface area contributed by atoms with Crippen LogP contribution in [0, 0.1) is 0 Å². The molecule has 0 spiro atoms. The standard InChI is InChI=1S/C14H17N5O6S/c1-8-3-10(20)19(8)11(13(22)23)14(2,26(24)25)6-17-18-12(21)9-4-15-7-16-5-9/h4-8,11H,3H2,1-2H3,(H,18,21)(H,22,23)(H,24,25)/b17-6+/t8-,11+,14+/m1/s1. The highest BCUT2D eigenvalue weighted by molar-refractivity contribution is 7.81. The van der Waals surface area contributed by atoms with Gasteiger partial charge in [0.25, 0.3) is 5.91 Å². The molecule has 26 heavy (non-hydrogen) atoms. The number of carboxylic acids is 1. The van der Waals surface area contributed by atoms with E-state index in [4.69, 9.17) is 0 Å². The van der Waals surface area contributed by atoms with Crippen molar-refractivity contribution >= 4 is 35.1 Å². The van der Waals surface area contributed by atoms with E-state index in [1.165, 1.54) is 25.6 Å². The largest absolute Gasteiger partial charge is 0.480 e. The second kappa shape index (κ2) is 7.66. The molecule has 1 unspecified atom stereocenters. The second-order valence-corrected chi connectivity index (χ2v) is 7.23. The number of carbonyl (C=O) groups excluding carboxylic acids is 2. The molecule has 3 N–H and O–H groups in total. The third kappa shape index (κ3) is 3.75. The summed E-state index contributed by atoms with van der Waals surface area (Å²) in [5.41, 5.74) is 2.20. The van der Waals surface area contributed by atoms with Gasteiger partial charge in [-0.25, -0.2) is 24.4 Å². The summed E-state index contributed by atoms with van der Waals surface area (Å²) in [6.45, 7) is 2.80. The third-order valence-corrected chi connectivity index (χ3v) is 5.06. The quantitative estimate of drug-likeness (QED) is 0.240. The van der Waals surface area contributed by atoms with Gasteiger partial charge in [0.15, 0.2) is 17.1 Å². The first-order chi connectivity index (χ1) is 12.2. The maximum atomic E-state index is 11.9. The van der Waals surface area contributed by atoms with Crippen LogP contribution in [0.2, 0.25) is 0 Å². The minimum absolute atomic E-state index is 0.0952. The Morgan fingerprint density at radius 3 is 2.58 bits per heavy atom. The Kier molecular flexibility index (Phi) is 5.77. The van der Waals surface area contributed by atoms with Crippen molar-refractivity contribution in [3.63, 3.8) is 0 Å². The molecule has 1 aliphatic heterocycles. The summed E-state index contributed by atoms with van der Waals surface area (Å²) in [6.07, 6.45) is 4.71. The lowest BCUT2D eigenvalue weighted by Crippen LogP contribution is -2.67. The minimum atomic E-state index is -2.70. The first kappa shape index (κ1) is 19.6. The molecular weight excluding hydrogens is 366 g/mol. The highest BCUT2D eigenvalue weighted by Crippen LogP contribution is 2.30. The van der Waals surface area contributed by atoms with E-state index in [-0.39, 0.29) is 12.0 Å². The number of nitrogens with one attached hydrogen (secondary N) is 1.